The van der Waals surface area contributed by atoms with Crippen LogP contribution in [0.1, 0.15) is 23.6 Å². The Morgan fingerprint density at radius 2 is 1.71 bits per heavy atom. The van der Waals surface area contributed by atoms with Crippen LogP contribution in [0.4, 0.5) is 10.5 Å². The molecule has 0 aromatic heterocycles. The fourth-order valence-electron chi connectivity index (χ4n) is 3.29. The zero-order valence-corrected chi connectivity index (χ0v) is 17.7. The van der Waals surface area contributed by atoms with Crippen LogP contribution >= 0.6 is 0 Å². The minimum Gasteiger partial charge on any atom is -0.490 e. The summed E-state index contributed by atoms with van der Waals surface area (Å²) in [5.74, 6) is -0.441. The van der Waals surface area contributed by atoms with Crippen molar-refractivity contribution in [3.8, 4) is 11.5 Å². The van der Waals surface area contributed by atoms with Crippen LogP contribution in [-0.2, 0) is 9.59 Å². The normalized spacial score (nSPS) is 15.1. The lowest BCUT2D eigenvalue weighted by Gasteiger charge is -2.27. The predicted octanol–water partition coefficient (Wildman–Crippen LogP) is 3.93. The van der Waals surface area contributed by atoms with Gasteiger partial charge in [-0.2, -0.15) is 0 Å². The van der Waals surface area contributed by atoms with Gasteiger partial charge in [0.25, 0.3) is 11.8 Å². The summed E-state index contributed by atoms with van der Waals surface area (Å²) in [5.41, 5.74) is 2.61. The minimum absolute atomic E-state index is 0.152. The number of carbonyl (C=O) groups excluding carboxylic acids is 3. The molecule has 2 aromatic carbocycles. The molecule has 160 valence electrons. The van der Waals surface area contributed by atoms with Crippen molar-refractivity contribution < 1.29 is 23.9 Å². The molecule has 0 spiro atoms. The van der Waals surface area contributed by atoms with Crippen molar-refractivity contribution in [3.05, 3.63) is 71.3 Å². The van der Waals surface area contributed by atoms with E-state index in [0.29, 0.717) is 36.0 Å². The topological polar surface area (TPSA) is 84.9 Å². The van der Waals surface area contributed by atoms with Crippen LogP contribution in [0.5, 0.6) is 11.5 Å². The third-order valence-electron chi connectivity index (χ3n) is 4.50. The van der Waals surface area contributed by atoms with Crippen molar-refractivity contribution >= 4 is 29.6 Å². The number of barbiturate groups is 1. The van der Waals surface area contributed by atoms with Crippen molar-refractivity contribution in [3.63, 3.8) is 0 Å². The Bertz CT molecular complexity index is 1070. The number of rotatable bonds is 7. The molecule has 0 saturated carbocycles. The number of hydrogen-bond acceptors (Lipinski definition) is 5. The van der Waals surface area contributed by atoms with Gasteiger partial charge in [0.1, 0.15) is 12.2 Å². The van der Waals surface area contributed by atoms with Crippen LogP contribution in [0.3, 0.4) is 0 Å². The number of nitrogens with zero attached hydrogens (tertiary/aromatic N) is 1. The molecule has 7 heteroatoms. The van der Waals surface area contributed by atoms with Crippen molar-refractivity contribution in [1.29, 1.82) is 0 Å². The second-order valence-electron chi connectivity index (χ2n) is 7.04. The van der Waals surface area contributed by atoms with Crippen molar-refractivity contribution in [2.24, 2.45) is 0 Å². The van der Waals surface area contributed by atoms with Gasteiger partial charge in [0.05, 0.1) is 12.3 Å². The number of nitrogens with one attached hydrogen (secondary N) is 1. The molecule has 1 aliphatic heterocycles. The summed E-state index contributed by atoms with van der Waals surface area (Å²) < 4.78 is 11.2. The number of hydrogen-bond donors (Lipinski definition) is 1. The Morgan fingerprint density at radius 1 is 1.00 bits per heavy atom. The van der Waals surface area contributed by atoms with E-state index >= 15 is 0 Å². The molecule has 0 atom stereocenters. The second kappa shape index (κ2) is 9.30. The average Bonchev–Trinajstić information content (AvgIpc) is 2.70. The van der Waals surface area contributed by atoms with Gasteiger partial charge in [-0.15, -0.1) is 0 Å². The molecular weight excluding hydrogens is 396 g/mol. The number of aryl methyl sites for hydroxylation is 2. The summed E-state index contributed by atoms with van der Waals surface area (Å²) in [4.78, 5) is 38.9. The third-order valence-corrected chi connectivity index (χ3v) is 4.50. The molecule has 1 fully saturated rings. The maximum atomic E-state index is 13.1. The smallest absolute Gasteiger partial charge is 0.335 e. The SMILES string of the molecule is C=CCOc1ccc(/C=C2\C(=O)NC(=O)N(c3cc(C)cc(C)c3)C2=O)cc1OCC. The molecule has 0 unspecified atom stereocenters. The van der Waals surface area contributed by atoms with Gasteiger partial charge in [-0.05, 0) is 67.8 Å². The van der Waals surface area contributed by atoms with E-state index in [9.17, 15) is 14.4 Å². The van der Waals surface area contributed by atoms with Gasteiger partial charge in [0.15, 0.2) is 11.5 Å². The molecule has 1 N–H and O–H groups in total. The highest BCUT2D eigenvalue weighted by Crippen LogP contribution is 2.30. The van der Waals surface area contributed by atoms with Gasteiger partial charge >= 0.3 is 6.03 Å². The minimum atomic E-state index is -0.777. The van der Waals surface area contributed by atoms with Crippen molar-refractivity contribution in [2.45, 2.75) is 20.8 Å². The Kier molecular flexibility index (Phi) is 6.55. The Balaban J connectivity index is 1.99. The van der Waals surface area contributed by atoms with Crippen LogP contribution in [0.2, 0.25) is 0 Å². The molecule has 0 radical (unpaired) electrons. The standard InChI is InChI=1S/C24H24N2O5/c1-5-9-31-20-8-7-17(14-21(20)30-6-2)13-19-22(27)25-24(29)26(23(19)28)18-11-15(3)10-16(4)12-18/h5,7-8,10-14H,1,6,9H2,2-4H3,(H,25,27,29)/b19-13+. The van der Waals surface area contributed by atoms with Crippen LogP contribution in [0, 0.1) is 13.8 Å². The van der Waals surface area contributed by atoms with Gasteiger partial charge in [0, 0.05) is 0 Å². The van der Waals surface area contributed by atoms with Gasteiger partial charge in [-0.25, -0.2) is 9.69 Å². The van der Waals surface area contributed by atoms with E-state index in [-0.39, 0.29) is 5.57 Å². The molecule has 4 amide bonds. The highest BCUT2D eigenvalue weighted by Gasteiger charge is 2.37. The molecule has 3 rings (SSSR count). The first-order valence-electron chi connectivity index (χ1n) is 9.84. The van der Waals surface area contributed by atoms with Crippen molar-refractivity contribution in [1.82, 2.24) is 5.32 Å². The molecule has 0 bridgehead atoms. The highest BCUT2D eigenvalue weighted by molar-refractivity contribution is 6.39. The lowest BCUT2D eigenvalue weighted by Crippen LogP contribution is -2.54. The monoisotopic (exact) mass is 420 g/mol. The van der Waals surface area contributed by atoms with Gasteiger partial charge < -0.3 is 9.47 Å². The van der Waals surface area contributed by atoms with Crippen LogP contribution in [0.15, 0.2) is 54.6 Å². The fourth-order valence-corrected chi connectivity index (χ4v) is 3.29. The Labute approximate surface area is 181 Å². The summed E-state index contributed by atoms with van der Waals surface area (Å²) >= 11 is 0. The molecule has 2 aromatic rings. The van der Waals surface area contributed by atoms with E-state index in [0.717, 1.165) is 16.0 Å². The molecule has 7 nitrogen and oxygen atoms in total. The molecular formula is C24H24N2O5. The first-order valence-corrected chi connectivity index (χ1v) is 9.84. The number of benzene rings is 2. The van der Waals surface area contributed by atoms with Gasteiger partial charge in [-0.3, -0.25) is 14.9 Å². The summed E-state index contributed by atoms with van der Waals surface area (Å²) in [6.45, 7) is 9.94. The van der Waals surface area contributed by atoms with Crippen LogP contribution < -0.4 is 19.7 Å². The van der Waals surface area contributed by atoms with Crippen LogP contribution in [0.25, 0.3) is 6.08 Å². The Morgan fingerprint density at radius 3 is 2.35 bits per heavy atom. The van der Waals surface area contributed by atoms with E-state index in [2.05, 4.69) is 11.9 Å². The quantitative estimate of drug-likeness (QED) is 0.417. The predicted molar refractivity (Wildman–Crippen MR) is 118 cm³/mol. The number of urea groups is 1. The second-order valence-corrected chi connectivity index (χ2v) is 7.04. The van der Waals surface area contributed by atoms with E-state index in [1.807, 2.05) is 26.8 Å². The van der Waals surface area contributed by atoms with Gasteiger partial charge in [-0.1, -0.05) is 24.8 Å². The van der Waals surface area contributed by atoms with E-state index in [4.69, 9.17) is 9.47 Å². The largest absolute Gasteiger partial charge is 0.490 e. The number of carbonyl (C=O) groups is 3. The first kappa shape index (κ1) is 21.8. The van der Waals surface area contributed by atoms with Gasteiger partial charge in [0.2, 0.25) is 0 Å². The van der Waals surface area contributed by atoms with Crippen LogP contribution in [-0.4, -0.2) is 31.1 Å². The number of amides is 4. The van der Waals surface area contributed by atoms with E-state index < -0.39 is 17.8 Å². The lowest BCUT2D eigenvalue weighted by atomic mass is 10.0. The van der Waals surface area contributed by atoms with E-state index in [1.54, 1.807) is 36.4 Å². The highest BCUT2D eigenvalue weighted by atomic mass is 16.5. The maximum absolute atomic E-state index is 13.1. The zero-order chi connectivity index (χ0) is 22.5. The average molecular weight is 420 g/mol. The summed E-state index contributed by atoms with van der Waals surface area (Å²) in [7, 11) is 0. The molecule has 31 heavy (non-hydrogen) atoms. The van der Waals surface area contributed by atoms with E-state index in [1.165, 1.54) is 6.08 Å². The fraction of sp³-hybridized carbons (Fsp3) is 0.208. The lowest BCUT2D eigenvalue weighted by molar-refractivity contribution is -0.122. The molecule has 1 aliphatic rings. The number of imide groups is 2. The maximum Gasteiger partial charge on any atom is 0.335 e. The first-order chi connectivity index (χ1) is 14.8. The summed E-state index contributed by atoms with van der Waals surface area (Å²) in [6.07, 6.45) is 3.05. The van der Waals surface area contributed by atoms with Crippen molar-refractivity contribution in [2.75, 3.05) is 18.1 Å². The molecule has 0 aliphatic carbocycles. The number of ether oxygens (including phenoxy) is 2. The Hall–Kier alpha value is -3.87. The number of anilines is 1. The summed E-state index contributed by atoms with van der Waals surface area (Å²) in [5, 5.41) is 2.24. The molecule has 1 saturated heterocycles. The zero-order valence-electron chi connectivity index (χ0n) is 17.7. The third kappa shape index (κ3) is 4.83. The molecule has 1 heterocycles. The summed E-state index contributed by atoms with van der Waals surface area (Å²) in [6, 6.07) is 9.66.